The Balaban J connectivity index is 1.48. The fourth-order valence-corrected chi connectivity index (χ4v) is 4.15. The Morgan fingerprint density at radius 2 is 1.56 bits per heavy atom. The van der Waals surface area contributed by atoms with Crippen molar-refractivity contribution in [3.8, 4) is 0 Å². The van der Waals surface area contributed by atoms with Crippen molar-refractivity contribution < 1.29 is 9.90 Å². The number of thiophene rings is 1. The van der Waals surface area contributed by atoms with Crippen molar-refractivity contribution in [1.29, 1.82) is 0 Å². The Bertz CT molecular complexity index is 673. The average Bonchev–Trinajstić information content (AvgIpc) is 3.12. The van der Waals surface area contributed by atoms with Gasteiger partial charge in [-0.15, -0.1) is 11.3 Å². The molecule has 0 unspecified atom stereocenters. The Labute approximate surface area is 168 Å². The second-order valence-electron chi connectivity index (χ2n) is 7.10. The summed E-state index contributed by atoms with van der Waals surface area (Å²) in [6.07, 6.45) is 16.4. The summed E-state index contributed by atoms with van der Waals surface area (Å²) in [5.74, 6) is -0.710. The minimum Gasteiger partial charge on any atom is -0.481 e. The molecular formula is C24H32O2S. The van der Waals surface area contributed by atoms with Gasteiger partial charge in [-0.05, 0) is 62.3 Å². The smallest absolute Gasteiger partial charge is 0.303 e. The van der Waals surface area contributed by atoms with Crippen LogP contribution in [0.4, 0.5) is 0 Å². The van der Waals surface area contributed by atoms with Crippen LogP contribution in [0, 0.1) is 0 Å². The number of rotatable bonds is 14. The number of hydrogen-bond donors (Lipinski definition) is 1. The third kappa shape index (κ3) is 10.1. The molecule has 1 aromatic carbocycles. The highest BCUT2D eigenvalue weighted by molar-refractivity contribution is 7.12. The lowest BCUT2D eigenvalue weighted by Crippen LogP contribution is -1.92. The fraction of sp³-hybridized carbons (Fsp3) is 0.458. The number of benzene rings is 1. The molecule has 0 atom stereocenters. The number of allylic oxidation sites excluding steroid dienone is 1. The third-order valence-electron chi connectivity index (χ3n) is 4.71. The fourth-order valence-electron chi connectivity index (χ4n) is 3.17. The summed E-state index contributed by atoms with van der Waals surface area (Å²) in [5, 5.41) is 8.62. The van der Waals surface area contributed by atoms with Gasteiger partial charge >= 0.3 is 5.97 Å². The number of carboxylic acids is 1. The molecule has 0 saturated heterocycles. The van der Waals surface area contributed by atoms with Gasteiger partial charge in [0.1, 0.15) is 0 Å². The van der Waals surface area contributed by atoms with E-state index < -0.39 is 5.97 Å². The predicted molar refractivity (Wildman–Crippen MR) is 116 cm³/mol. The van der Waals surface area contributed by atoms with E-state index >= 15 is 0 Å². The zero-order chi connectivity index (χ0) is 19.2. The maximum atomic E-state index is 10.5. The Kier molecular flexibility index (Phi) is 10.6. The van der Waals surface area contributed by atoms with Crippen LogP contribution in [-0.2, 0) is 17.6 Å². The highest BCUT2D eigenvalue weighted by Gasteiger charge is 1.99. The Morgan fingerprint density at radius 3 is 2.30 bits per heavy atom. The average molecular weight is 385 g/mol. The molecule has 0 amide bonds. The van der Waals surface area contributed by atoms with Crippen LogP contribution in [0.3, 0.4) is 0 Å². The van der Waals surface area contributed by atoms with Crippen LogP contribution in [-0.4, -0.2) is 11.1 Å². The normalized spacial score (nSPS) is 11.3. The molecule has 0 saturated carbocycles. The van der Waals surface area contributed by atoms with Gasteiger partial charge < -0.3 is 5.11 Å². The van der Waals surface area contributed by atoms with Gasteiger partial charge in [0.2, 0.25) is 0 Å². The zero-order valence-corrected chi connectivity index (χ0v) is 17.1. The third-order valence-corrected chi connectivity index (χ3v) is 5.82. The van der Waals surface area contributed by atoms with Gasteiger partial charge in [-0.25, -0.2) is 0 Å². The summed E-state index contributed by atoms with van der Waals surface area (Å²) in [6, 6.07) is 15.2. The van der Waals surface area contributed by atoms with Crippen LogP contribution >= 0.6 is 11.3 Å². The first-order valence-corrected chi connectivity index (χ1v) is 11.1. The van der Waals surface area contributed by atoms with E-state index in [4.69, 9.17) is 5.11 Å². The number of hydrogen-bond acceptors (Lipinski definition) is 2. The predicted octanol–water partition coefficient (Wildman–Crippen LogP) is 7.14. The molecule has 3 heteroatoms. The maximum Gasteiger partial charge on any atom is 0.303 e. The summed E-state index contributed by atoms with van der Waals surface area (Å²) >= 11 is 1.86. The lowest BCUT2D eigenvalue weighted by Gasteiger charge is -2.02. The molecule has 2 aromatic rings. The quantitative estimate of drug-likeness (QED) is 0.351. The molecule has 146 valence electrons. The number of aryl methyl sites for hydroxylation is 2. The van der Waals surface area contributed by atoms with Gasteiger partial charge in [-0.3, -0.25) is 4.79 Å². The van der Waals surface area contributed by atoms with Crippen LogP contribution in [0.1, 0.15) is 73.1 Å². The highest BCUT2D eigenvalue weighted by atomic mass is 32.1. The molecule has 2 nitrogen and oxygen atoms in total. The van der Waals surface area contributed by atoms with Gasteiger partial charge in [0, 0.05) is 16.2 Å². The number of carbonyl (C=O) groups is 1. The molecule has 27 heavy (non-hydrogen) atoms. The first-order valence-electron chi connectivity index (χ1n) is 10.2. The van der Waals surface area contributed by atoms with E-state index in [1.165, 1.54) is 66.7 Å². The van der Waals surface area contributed by atoms with E-state index in [1.54, 1.807) is 0 Å². The number of unbranched alkanes of at least 4 members (excludes halogenated alkanes) is 6. The topological polar surface area (TPSA) is 37.3 Å². The first-order chi connectivity index (χ1) is 13.2. The number of carboxylic acid groups (broad SMARTS) is 1. The SMILES string of the molecule is O=C(O)CCC/C=C/c1ccc(CCCCCCCCc2ccccc2)s1. The van der Waals surface area contributed by atoms with Crippen LogP contribution in [0.25, 0.3) is 6.08 Å². The minimum absolute atomic E-state index is 0.256. The zero-order valence-electron chi connectivity index (χ0n) is 16.2. The van der Waals surface area contributed by atoms with Crippen molar-refractivity contribution in [2.24, 2.45) is 0 Å². The van der Waals surface area contributed by atoms with Crippen molar-refractivity contribution in [2.45, 2.75) is 70.6 Å². The second-order valence-corrected chi connectivity index (χ2v) is 8.30. The van der Waals surface area contributed by atoms with E-state index in [-0.39, 0.29) is 6.42 Å². The molecule has 0 bridgehead atoms. The maximum absolute atomic E-state index is 10.5. The van der Waals surface area contributed by atoms with Crippen LogP contribution < -0.4 is 0 Å². The summed E-state index contributed by atoms with van der Waals surface area (Å²) in [4.78, 5) is 13.2. The molecular weight excluding hydrogens is 352 g/mol. The van der Waals surface area contributed by atoms with Gasteiger partial charge in [-0.2, -0.15) is 0 Å². The first kappa shape index (κ1) is 21.4. The summed E-state index contributed by atoms with van der Waals surface area (Å²) < 4.78 is 0. The highest BCUT2D eigenvalue weighted by Crippen LogP contribution is 2.21. The summed E-state index contributed by atoms with van der Waals surface area (Å²) in [7, 11) is 0. The van der Waals surface area contributed by atoms with Crippen molar-refractivity contribution in [3.63, 3.8) is 0 Å². The van der Waals surface area contributed by atoms with Crippen LogP contribution in [0.15, 0.2) is 48.5 Å². The van der Waals surface area contributed by atoms with Gasteiger partial charge in [-0.1, -0.05) is 62.1 Å². The summed E-state index contributed by atoms with van der Waals surface area (Å²) in [6.45, 7) is 0. The molecule has 2 rings (SSSR count). The molecule has 1 aromatic heterocycles. The lowest BCUT2D eigenvalue weighted by molar-refractivity contribution is -0.137. The number of aliphatic carboxylic acids is 1. The van der Waals surface area contributed by atoms with E-state index in [9.17, 15) is 4.79 Å². The largest absolute Gasteiger partial charge is 0.481 e. The van der Waals surface area contributed by atoms with Gasteiger partial charge in [0.25, 0.3) is 0 Å². The summed E-state index contributed by atoms with van der Waals surface area (Å²) in [5.41, 5.74) is 1.46. The molecule has 1 heterocycles. The van der Waals surface area contributed by atoms with Gasteiger partial charge in [0.05, 0.1) is 0 Å². The molecule has 1 N–H and O–H groups in total. The van der Waals surface area contributed by atoms with E-state index in [0.29, 0.717) is 0 Å². The van der Waals surface area contributed by atoms with E-state index in [0.717, 1.165) is 12.8 Å². The van der Waals surface area contributed by atoms with Crippen LogP contribution in [0.5, 0.6) is 0 Å². The second kappa shape index (κ2) is 13.3. The van der Waals surface area contributed by atoms with E-state index in [1.807, 2.05) is 11.3 Å². The van der Waals surface area contributed by atoms with E-state index in [2.05, 4.69) is 54.6 Å². The minimum atomic E-state index is -0.710. The standard InChI is InChI=1S/C24H32O2S/c25-24(26)18-12-6-11-17-23-20-19-22(27-23)16-10-4-2-1-3-7-13-21-14-8-5-9-15-21/h5,8-9,11,14-15,17,19-20H,1-4,6-7,10,12-13,16,18H2,(H,25,26)/b17-11+. The monoisotopic (exact) mass is 384 g/mol. The van der Waals surface area contributed by atoms with Crippen molar-refractivity contribution in [3.05, 3.63) is 63.9 Å². The lowest BCUT2D eigenvalue weighted by atomic mass is 10.0. The molecule has 0 radical (unpaired) electrons. The molecule has 0 fully saturated rings. The van der Waals surface area contributed by atoms with Crippen molar-refractivity contribution in [2.75, 3.05) is 0 Å². The van der Waals surface area contributed by atoms with Crippen LogP contribution in [0.2, 0.25) is 0 Å². The molecule has 0 aliphatic rings. The molecule has 0 aliphatic heterocycles. The molecule has 0 spiro atoms. The van der Waals surface area contributed by atoms with Crippen molar-refractivity contribution in [1.82, 2.24) is 0 Å². The molecule has 0 aliphatic carbocycles. The Hall–Kier alpha value is -1.87. The van der Waals surface area contributed by atoms with Gasteiger partial charge in [0.15, 0.2) is 0 Å². The Morgan fingerprint density at radius 1 is 0.852 bits per heavy atom. The van der Waals surface area contributed by atoms with Crippen molar-refractivity contribution >= 4 is 23.4 Å².